The molecule has 1 aliphatic heterocycles. The third kappa shape index (κ3) is 2.83. The Balaban J connectivity index is 1.57. The molecule has 1 saturated heterocycles. The van der Waals surface area contributed by atoms with Gasteiger partial charge in [-0.1, -0.05) is 12.1 Å². The van der Waals surface area contributed by atoms with Gasteiger partial charge < -0.3 is 4.74 Å². The fraction of sp³-hybridized carbons (Fsp3) is 0.600. The predicted octanol–water partition coefficient (Wildman–Crippen LogP) is 2.39. The summed E-state index contributed by atoms with van der Waals surface area (Å²) < 4.78 is 5.81. The van der Waals surface area contributed by atoms with Crippen molar-refractivity contribution in [1.82, 2.24) is 4.90 Å². The van der Waals surface area contributed by atoms with Crippen molar-refractivity contribution in [2.24, 2.45) is 0 Å². The maximum atomic E-state index is 10.6. The number of nitrogens with zero attached hydrogens (tertiary/aromatic N) is 2. The van der Waals surface area contributed by atoms with E-state index < -0.39 is 0 Å². The fourth-order valence-corrected chi connectivity index (χ4v) is 3.34. The molecular weight excluding hydrogens is 256 g/mol. The number of rotatable bonds is 4. The minimum atomic E-state index is -0.352. The highest BCUT2D eigenvalue weighted by atomic mass is 16.6. The van der Waals surface area contributed by atoms with E-state index >= 15 is 0 Å². The minimum Gasteiger partial charge on any atom is -0.375 e. The molecule has 0 amide bonds. The van der Waals surface area contributed by atoms with Crippen LogP contribution in [0.4, 0.5) is 5.69 Å². The van der Waals surface area contributed by atoms with E-state index in [-0.39, 0.29) is 10.6 Å². The molecule has 0 spiro atoms. The molecule has 1 saturated carbocycles. The summed E-state index contributed by atoms with van der Waals surface area (Å²) in [6, 6.07) is 7.50. The average Bonchev–Trinajstić information content (AvgIpc) is 2.94. The van der Waals surface area contributed by atoms with Gasteiger partial charge >= 0.3 is 0 Å². The van der Waals surface area contributed by atoms with E-state index in [1.807, 2.05) is 12.1 Å². The Morgan fingerprint density at radius 2 is 2.10 bits per heavy atom. The zero-order valence-corrected chi connectivity index (χ0v) is 11.5. The van der Waals surface area contributed by atoms with Crippen molar-refractivity contribution >= 4 is 5.69 Å². The van der Waals surface area contributed by atoms with Gasteiger partial charge in [0.15, 0.2) is 0 Å². The lowest BCUT2D eigenvalue weighted by Crippen LogP contribution is -2.49. The van der Waals surface area contributed by atoms with Crippen LogP contribution in [0.5, 0.6) is 0 Å². The molecule has 3 rings (SSSR count). The molecule has 1 aromatic rings. The summed E-state index contributed by atoms with van der Waals surface area (Å²) in [5, 5.41) is 10.6. The Hall–Kier alpha value is -1.46. The van der Waals surface area contributed by atoms with Crippen LogP contribution >= 0.6 is 0 Å². The smallest absolute Gasteiger partial charge is 0.269 e. The summed E-state index contributed by atoms with van der Waals surface area (Å²) in [5.74, 6) is 0. The zero-order valence-electron chi connectivity index (χ0n) is 11.5. The van der Waals surface area contributed by atoms with Crippen LogP contribution in [-0.4, -0.2) is 41.7 Å². The van der Waals surface area contributed by atoms with E-state index in [0.717, 1.165) is 31.7 Å². The van der Waals surface area contributed by atoms with E-state index in [9.17, 15) is 10.1 Å². The van der Waals surface area contributed by atoms with Crippen molar-refractivity contribution < 1.29 is 9.66 Å². The summed E-state index contributed by atoms with van der Waals surface area (Å²) in [7, 11) is 0. The second kappa shape index (κ2) is 5.89. The van der Waals surface area contributed by atoms with E-state index in [0.29, 0.717) is 12.1 Å². The standard InChI is InChI=1S/C15H20N2O3/c18-17(19)13-6-4-12(5-7-13)8-9-16-10-11-20-15-3-1-2-14(15)16/h4-7,14-15H,1-3,8-11H2. The molecule has 0 N–H and O–H groups in total. The number of morpholine rings is 1. The number of hydrogen-bond acceptors (Lipinski definition) is 4. The van der Waals surface area contributed by atoms with Crippen molar-refractivity contribution in [3.63, 3.8) is 0 Å². The first-order valence-corrected chi connectivity index (χ1v) is 7.33. The van der Waals surface area contributed by atoms with Crippen molar-refractivity contribution in [2.45, 2.75) is 37.8 Å². The van der Waals surface area contributed by atoms with Gasteiger partial charge in [-0.15, -0.1) is 0 Å². The van der Waals surface area contributed by atoms with E-state index in [4.69, 9.17) is 4.74 Å². The highest BCUT2D eigenvalue weighted by molar-refractivity contribution is 5.32. The normalized spacial score (nSPS) is 26.4. The van der Waals surface area contributed by atoms with E-state index in [1.54, 1.807) is 12.1 Å². The maximum Gasteiger partial charge on any atom is 0.269 e. The number of ether oxygens (including phenoxy) is 1. The molecule has 1 heterocycles. The summed E-state index contributed by atoms with van der Waals surface area (Å²) in [4.78, 5) is 12.8. The SMILES string of the molecule is O=[N+]([O-])c1ccc(CCN2CCOC3CCCC32)cc1. The minimum absolute atomic E-state index is 0.163. The Morgan fingerprint density at radius 3 is 2.85 bits per heavy atom. The van der Waals surface area contributed by atoms with E-state index in [1.165, 1.54) is 19.3 Å². The van der Waals surface area contributed by atoms with Crippen LogP contribution in [-0.2, 0) is 11.2 Å². The summed E-state index contributed by atoms with van der Waals surface area (Å²) in [6.07, 6.45) is 5.08. The van der Waals surface area contributed by atoms with Crippen LogP contribution in [0, 0.1) is 10.1 Å². The molecule has 0 aromatic heterocycles. The highest BCUT2D eigenvalue weighted by Gasteiger charge is 2.35. The number of nitro benzene ring substituents is 1. The van der Waals surface area contributed by atoms with Crippen LogP contribution < -0.4 is 0 Å². The number of benzene rings is 1. The second-order valence-electron chi connectivity index (χ2n) is 5.62. The summed E-state index contributed by atoms with van der Waals surface area (Å²) in [6.45, 7) is 2.86. The quantitative estimate of drug-likeness (QED) is 0.626. The Morgan fingerprint density at radius 1 is 1.30 bits per heavy atom. The van der Waals surface area contributed by atoms with Crippen molar-refractivity contribution in [2.75, 3.05) is 19.7 Å². The number of fused-ring (bicyclic) bond motifs is 1. The van der Waals surface area contributed by atoms with Gasteiger partial charge in [0, 0.05) is 31.3 Å². The first kappa shape index (κ1) is 13.5. The Labute approximate surface area is 118 Å². The lowest BCUT2D eigenvalue weighted by atomic mass is 10.1. The zero-order chi connectivity index (χ0) is 13.9. The molecule has 2 fully saturated rings. The van der Waals surface area contributed by atoms with Crippen LogP contribution in [0.15, 0.2) is 24.3 Å². The molecule has 5 heteroatoms. The van der Waals surface area contributed by atoms with Gasteiger partial charge in [0.1, 0.15) is 0 Å². The van der Waals surface area contributed by atoms with Gasteiger partial charge in [0.05, 0.1) is 17.6 Å². The molecule has 2 aliphatic rings. The molecule has 1 aromatic carbocycles. The van der Waals surface area contributed by atoms with E-state index in [2.05, 4.69) is 4.90 Å². The topological polar surface area (TPSA) is 55.6 Å². The van der Waals surface area contributed by atoms with Gasteiger partial charge in [0.25, 0.3) is 5.69 Å². The van der Waals surface area contributed by atoms with Crippen LogP contribution in [0.2, 0.25) is 0 Å². The highest BCUT2D eigenvalue weighted by Crippen LogP contribution is 2.29. The van der Waals surface area contributed by atoms with Gasteiger partial charge in [-0.2, -0.15) is 0 Å². The molecule has 1 aliphatic carbocycles. The molecule has 2 unspecified atom stereocenters. The largest absolute Gasteiger partial charge is 0.375 e. The second-order valence-corrected chi connectivity index (χ2v) is 5.62. The first-order valence-electron chi connectivity index (χ1n) is 7.33. The first-order chi connectivity index (χ1) is 9.74. The molecule has 20 heavy (non-hydrogen) atoms. The van der Waals surface area contributed by atoms with Gasteiger partial charge in [-0.3, -0.25) is 15.0 Å². The number of non-ortho nitro benzene ring substituents is 1. The van der Waals surface area contributed by atoms with Crippen molar-refractivity contribution in [3.8, 4) is 0 Å². The lowest BCUT2D eigenvalue weighted by Gasteiger charge is -2.37. The molecule has 108 valence electrons. The summed E-state index contributed by atoms with van der Waals surface area (Å²) >= 11 is 0. The molecular formula is C15H20N2O3. The summed E-state index contributed by atoms with van der Waals surface area (Å²) in [5.41, 5.74) is 1.33. The number of hydrogen-bond donors (Lipinski definition) is 0. The average molecular weight is 276 g/mol. The monoisotopic (exact) mass is 276 g/mol. The predicted molar refractivity (Wildman–Crippen MR) is 75.8 cm³/mol. The molecule has 0 bridgehead atoms. The third-order valence-corrected chi connectivity index (χ3v) is 4.43. The third-order valence-electron chi connectivity index (χ3n) is 4.43. The Bertz CT molecular complexity index is 475. The fourth-order valence-electron chi connectivity index (χ4n) is 3.34. The molecule has 0 radical (unpaired) electrons. The van der Waals surface area contributed by atoms with Crippen LogP contribution in [0.25, 0.3) is 0 Å². The van der Waals surface area contributed by atoms with Crippen LogP contribution in [0.1, 0.15) is 24.8 Å². The number of nitro groups is 1. The molecule has 2 atom stereocenters. The van der Waals surface area contributed by atoms with Gasteiger partial charge in [0.2, 0.25) is 0 Å². The van der Waals surface area contributed by atoms with Crippen molar-refractivity contribution in [3.05, 3.63) is 39.9 Å². The molecule has 5 nitrogen and oxygen atoms in total. The lowest BCUT2D eigenvalue weighted by molar-refractivity contribution is -0.384. The maximum absolute atomic E-state index is 10.6. The van der Waals surface area contributed by atoms with Crippen LogP contribution in [0.3, 0.4) is 0 Å². The van der Waals surface area contributed by atoms with Crippen molar-refractivity contribution in [1.29, 1.82) is 0 Å². The Kier molecular flexibility index (Phi) is 3.98. The van der Waals surface area contributed by atoms with Gasteiger partial charge in [-0.05, 0) is 31.2 Å². The van der Waals surface area contributed by atoms with Gasteiger partial charge in [-0.25, -0.2) is 0 Å².